The van der Waals surface area contributed by atoms with Gasteiger partial charge in [-0.1, -0.05) is 30.3 Å². The lowest BCUT2D eigenvalue weighted by Gasteiger charge is -2.33. The third-order valence-electron chi connectivity index (χ3n) is 7.25. The number of aliphatic hydroxyl groups excluding tert-OH is 1. The highest BCUT2D eigenvalue weighted by Crippen LogP contribution is 2.43. The lowest BCUT2D eigenvalue weighted by molar-refractivity contribution is -0.122. The van der Waals surface area contributed by atoms with E-state index >= 15 is 0 Å². The van der Waals surface area contributed by atoms with Crippen LogP contribution >= 0.6 is 0 Å². The fraction of sp³-hybridized carbons (Fsp3) is 0.321. The van der Waals surface area contributed by atoms with Gasteiger partial charge in [-0.05, 0) is 50.1 Å². The molecule has 0 unspecified atom stereocenters. The number of anilines is 2. The summed E-state index contributed by atoms with van der Waals surface area (Å²) in [6.45, 7) is 6.36. The summed E-state index contributed by atoms with van der Waals surface area (Å²) in [5.41, 5.74) is 3.74. The van der Waals surface area contributed by atoms with Crippen molar-refractivity contribution >= 4 is 28.3 Å². The number of nitrogens with zero attached hydrogens (tertiary/aromatic N) is 3. The smallest absolute Gasteiger partial charge is 0.261 e. The maximum absolute atomic E-state index is 13.1. The first-order chi connectivity index (χ1) is 17.7. The van der Waals surface area contributed by atoms with Crippen LogP contribution in [0.25, 0.3) is 22.4 Å². The molecular formula is C28H31N5O4. The summed E-state index contributed by atoms with van der Waals surface area (Å²) in [4.78, 5) is 40.3. The van der Waals surface area contributed by atoms with Crippen LogP contribution in [0.4, 0.5) is 11.4 Å². The van der Waals surface area contributed by atoms with Gasteiger partial charge >= 0.3 is 0 Å². The van der Waals surface area contributed by atoms with Crippen LogP contribution in [0.2, 0.25) is 0 Å². The molecule has 3 N–H and O–H groups in total. The number of ether oxygens (including phenoxy) is 1. The number of methoxy groups -OCH3 is 1. The van der Waals surface area contributed by atoms with E-state index in [0.29, 0.717) is 34.7 Å². The van der Waals surface area contributed by atoms with Crippen molar-refractivity contribution in [1.82, 2.24) is 15.0 Å². The number of hydrogen-bond donors (Lipinski definition) is 3. The molecule has 0 saturated carbocycles. The first-order valence-electron chi connectivity index (χ1n) is 12.3. The molecular weight excluding hydrogens is 470 g/mol. The lowest BCUT2D eigenvalue weighted by atomic mass is 9.86. The lowest BCUT2D eigenvalue weighted by Crippen LogP contribution is -2.39. The summed E-state index contributed by atoms with van der Waals surface area (Å²) < 4.78 is 5.68. The van der Waals surface area contributed by atoms with Crippen LogP contribution in [0.15, 0.2) is 59.5 Å². The van der Waals surface area contributed by atoms with Crippen LogP contribution in [0.1, 0.15) is 38.0 Å². The molecule has 0 aliphatic carbocycles. The van der Waals surface area contributed by atoms with E-state index in [1.54, 1.807) is 29.1 Å². The number of nitrogens with one attached hydrogen (secondary N) is 2. The summed E-state index contributed by atoms with van der Waals surface area (Å²) in [6, 6.07) is 14.8. The van der Waals surface area contributed by atoms with E-state index in [1.165, 1.54) is 7.11 Å². The number of rotatable bonds is 7. The highest BCUT2D eigenvalue weighted by Gasteiger charge is 2.43. The number of H-pyrrole nitrogens is 2. The summed E-state index contributed by atoms with van der Waals surface area (Å²) in [7, 11) is 3.29. The zero-order chi connectivity index (χ0) is 26.5. The molecule has 1 aliphatic rings. The third-order valence-corrected chi connectivity index (χ3v) is 7.25. The largest absolute Gasteiger partial charge is 0.384 e. The van der Waals surface area contributed by atoms with Gasteiger partial charge in [-0.25, -0.2) is 4.98 Å². The Kier molecular flexibility index (Phi) is 6.13. The zero-order valence-corrected chi connectivity index (χ0v) is 21.6. The van der Waals surface area contributed by atoms with Gasteiger partial charge in [0, 0.05) is 26.9 Å². The number of carbonyl (C=O) groups is 1. The van der Waals surface area contributed by atoms with Crippen LogP contribution in [0.5, 0.6) is 0 Å². The molecule has 0 fully saturated rings. The van der Waals surface area contributed by atoms with Gasteiger partial charge in [0.1, 0.15) is 17.5 Å². The Morgan fingerprint density at radius 3 is 2.57 bits per heavy atom. The van der Waals surface area contributed by atoms with E-state index in [4.69, 9.17) is 9.72 Å². The number of pyridine rings is 1. The number of aromatic amines is 2. The minimum atomic E-state index is -0.957. The third kappa shape index (κ3) is 3.91. The molecule has 1 amide bonds. The van der Waals surface area contributed by atoms with Crippen molar-refractivity contribution in [3.8, 4) is 11.4 Å². The molecule has 1 aliphatic heterocycles. The molecule has 3 heterocycles. The number of benzene rings is 2. The highest BCUT2D eigenvalue weighted by atomic mass is 16.5. The average Bonchev–Trinajstić information content (AvgIpc) is 3.38. The number of amides is 1. The summed E-state index contributed by atoms with van der Waals surface area (Å²) >= 11 is 0. The predicted molar refractivity (Wildman–Crippen MR) is 144 cm³/mol. The Morgan fingerprint density at radius 2 is 1.89 bits per heavy atom. The number of fused-ring (bicyclic) bond motifs is 2. The van der Waals surface area contributed by atoms with Gasteiger partial charge in [0.05, 0.1) is 27.8 Å². The second-order valence-corrected chi connectivity index (χ2v) is 9.81. The molecule has 2 atom stereocenters. The molecule has 0 radical (unpaired) electrons. The van der Waals surface area contributed by atoms with Gasteiger partial charge in [-0.15, -0.1) is 0 Å². The Bertz CT molecular complexity index is 1520. The molecule has 0 bridgehead atoms. The summed E-state index contributed by atoms with van der Waals surface area (Å²) in [5, 5.41) is 11.1. The molecule has 37 heavy (non-hydrogen) atoms. The molecule has 2 aromatic carbocycles. The molecule has 9 nitrogen and oxygen atoms in total. The molecule has 5 rings (SSSR count). The van der Waals surface area contributed by atoms with E-state index < -0.39 is 17.7 Å². The van der Waals surface area contributed by atoms with Gasteiger partial charge in [-0.2, -0.15) is 0 Å². The topological polar surface area (TPSA) is 115 Å². The second kappa shape index (κ2) is 9.17. The maximum Gasteiger partial charge on any atom is 0.261 e. The fourth-order valence-electron chi connectivity index (χ4n) is 5.21. The van der Waals surface area contributed by atoms with Crippen LogP contribution < -0.4 is 15.4 Å². The van der Waals surface area contributed by atoms with Crippen molar-refractivity contribution in [1.29, 1.82) is 0 Å². The van der Waals surface area contributed by atoms with E-state index in [9.17, 15) is 14.7 Å². The SMILES string of the molecule is CCN1C(=O)C(C)(C)c2cc3[nH]c(-c4c(N(C)[C@@H](OC)[C@@H](O)c5ccccc5)cc[nH]c4=O)nc3cc21. The maximum atomic E-state index is 13.1. The number of aliphatic hydroxyl groups is 1. The average molecular weight is 502 g/mol. The van der Waals surface area contributed by atoms with E-state index in [2.05, 4.69) is 9.97 Å². The van der Waals surface area contributed by atoms with Gasteiger partial charge in [0.2, 0.25) is 5.91 Å². The molecule has 4 aromatic rings. The number of imidazole rings is 1. The van der Waals surface area contributed by atoms with Crippen molar-refractivity contribution in [2.24, 2.45) is 0 Å². The van der Waals surface area contributed by atoms with E-state index in [0.717, 1.165) is 16.8 Å². The molecule has 9 heteroatoms. The van der Waals surface area contributed by atoms with Crippen molar-refractivity contribution in [3.05, 3.63) is 76.2 Å². The quantitative estimate of drug-likeness (QED) is 0.333. The van der Waals surface area contributed by atoms with Crippen LogP contribution in [0.3, 0.4) is 0 Å². The monoisotopic (exact) mass is 501 g/mol. The van der Waals surface area contributed by atoms with Crippen molar-refractivity contribution < 1.29 is 14.6 Å². The Labute approximate surface area is 214 Å². The minimum absolute atomic E-state index is 0.0591. The molecule has 0 spiro atoms. The Hall–Kier alpha value is -3.95. The van der Waals surface area contributed by atoms with Gasteiger partial charge in [0.25, 0.3) is 5.56 Å². The van der Waals surface area contributed by atoms with Gasteiger partial charge < -0.3 is 29.6 Å². The second-order valence-electron chi connectivity index (χ2n) is 9.81. The standard InChI is InChI=1S/C28H31N5O4/c1-6-33-21-15-19-18(14-17(21)28(2,3)27(33)36)30-24(31-19)22-20(12-13-29-25(22)35)32(4)26(37-5)23(34)16-10-8-7-9-11-16/h7-15,23,26,34H,6H2,1-5H3,(H,29,35)(H,30,31)/t23-,26-/m0/s1. The number of likely N-dealkylation sites (N-methyl/N-ethyl adjacent to an activating group) is 2. The molecule has 2 aromatic heterocycles. The molecule has 0 saturated heterocycles. The number of aromatic nitrogens is 3. The van der Waals surface area contributed by atoms with E-state index in [1.807, 2.05) is 63.2 Å². The zero-order valence-electron chi connectivity index (χ0n) is 21.6. The Balaban J connectivity index is 1.60. The summed E-state index contributed by atoms with van der Waals surface area (Å²) in [6.07, 6.45) is -0.160. The first kappa shape index (κ1) is 24.7. The van der Waals surface area contributed by atoms with Crippen molar-refractivity contribution in [2.45, 2.75) is 38.5 Å². The van der Waals surface area contributed by atoms with E-state index in [-0.39, 0.29) is 11.5 Å². The van der Waals surface area contributed by atoms with Crippen molar-refractivity contribution in [3.63, 3.8) is 0 Å². The van der Waals surface area contributed by atoms with Crippen LogP contribution in [0, 0.1) is 0 Å². The van der Waals surface area contributed by atoms with Gasteiger partial charge in [-0.3, -0.25) is 9.59 Å². The predicted octanol–water partition coefficient (Wildman–Crippen LogP) is 3.70. The summed E-state index contributed by atoms with van der Waals surface area (Å²) in [5.74, 6) is 0.447. The van der Waals surface area contributed by atoms with Crippen LogP contribution in [-0.4, -0.2) is 52.9 Å². The normalized spacial score (nSPS) is 16.2. The molecule has 192 valence electrons. The minimum Gasteiger partial charge on any atom is -0.384 e. The fourth-order valence-corrected chi connectivity index (χ4v) is 5.21. The highest BCUT2D eigenvalue weighted by molar-refractivity contribution is 6.09. The number of hydrogen-bond acceptors (Lipinski definition) is 6. The van der Waals surface area contributed by atoms with Crippen LogP contribution in [-0.2, 0) is 14.9 Å². The first-order valence-corrected chi connectivity index (χ1v) is 12.3. The van der Waals surface area contributed by atoms with Gasteiger partial charge in [0.15, 0.2) is 6.23 Å². The Morgan fingerprint density at radius 1 is 1.16 bits per heavy atom. The number of carbonyl (C=O) groups excluding carboxylic acids is 1. The van der Waals surface area contributed by atoms with Crippen molar-refractivity contribution in [2.75, 3.05) is 30.5 Å².